The van der Waals surface area contributed by atoms with Gasteiger partial charge in [0.1, 0.15) is 11.4 Å². The number of carbonyl (C=O) groups excluding carboxylic acids is 1. The van der Waals surface area contributed by atoms with E-state index in [1.54, 1.807) is 13.2 Å². The first kappa shape index (κ1) is 16.7. The van der Waals surface area contributed by atoms with E-state index in [0.29, 0.717) is 11.6 Å². The van der Waals surface area contributed by atoms with Crippen LogP contribution in [0.25, 0.3) is 0 Å². The summed E-state index contributed by atoms with van der Waals surface area (Å²) < 4.78 is 5.12. The third-order valence-corrected chi connectivity index (χ3v) is 2.92. The molecule has 0 spiro atoms. The minimum absolute atomic E-state index is 0.221. The molecule has 0 aliphatic carbocycles. The number of nitrogens with one attached hydrogen (secondary N) is 2. The molecule has 0 saturated carbocycles. The maximum atomic E-state index is 12.3. The van der Waals surface area contributed by atoms with Gasteiger partial charge in [-0.3, -0.25) is 4.79 Å². The van der Waals surface area contributed by atoms with E-state index in [1.165, 1.54) is 0 Å². The Hall–Kier alpha value is -2.63. The number of amides is 1. The zero-order valence-corrected chi connectivity index (χ0v) is 14.1. The fraction of sp³-hybridized carbons (Fsp3) is 0.353. The highest BCUT2D eigenvalue weighted by Crippen LogP contribution is 2.18. The number of hydrogen-bond acceptors (Lipinski definition) is 5. The van der Waals surface area contributed by atoms with Gasteiger partial charge < -0.3 is 15.4 Å². The fourth-order valence-electron chi connectivity index (χ4n) is 1.95. The van der Waals surface area contributed by atoms with Crippen LogP contribution in [0.15, 0.2) is 30.3 Å². The number of carbonyl (C=O) groups is 1. The highest BCUT2D eigenvalue weighted by molar-refractivity contribution is 5.93. The van der Waals surface area contributed by atoms with E-state index in [2.05, 4.69) is 20.6 Å². The highest BCUT2D eigenvalue weighted by Gasteiger charge is 2.17. The smallest absolute Gasteiger partial charge is 0.270 e. The molecule has 0 fully saturated rings. The average Bonchev–Trinajstić information content (AvgIpc) is 2.45. The zero-order chi connectivity index (χ0) is 17.0. The molecule has 0 saturated heterocycles. The molecule has 0 radical (unpaired) electrons. The van der Waals surface area contributed by atoms with Crippen molar-refractivity contribution in [2.24, 2.45) is 0 Å². The summed E-state index contributed by atoms with van der Waals surface area (Å²) in [6.45, 7) is 7.61. The molecule has 6 heteroatoms. The Morgan fingerprint density at radius 2 is 1.78 bits per heavy atom. The largest absolute Gasteiger partial charge is 0.497 e. The lowest BCUT2D eigenvalue weighted by atomic mass is 10.1. The number of aromatic nitrogens is 2. The predicted octanol–water partition coefficient (Wildman–Crippen LogP) is 3.07. The van der Waals surface area contributed by atoms with E-state index in [9.17, 15) is 4.79 Å². The summed E-state index contributed by atoms with van der Waals surface area (Å²) in [7, 11) is 1.62. The number of hydrogen-bond donors (Lipinski definition) is 2. The number of rotatable bonds is 4. The second kappa shape index (κ2) is 6.64. The van der Waals surface area contributed by atoms with Crippen molar-refractivity contribution in [2.75, 3.05) is 12.4 Å². The van der Waals surface area contributed by atoms with Gasteiger partial charge in [-0.15, -0.1) is 0 Å². The van der Waals surface area contributed by atoms with Crippen molar-refractivity contribution in [3.8, 4) is 5.75 Å². The van der Waals surface area contributed by atoms with Crippen LogP contribution in [0.5, 0.6) is 5.75 Å². The van der Waals surface area contributed by atoms with E-state index in [4.69, 9.17) is 4.74 Å². The molecule has 1 aromatic carbocycles. The van der Waals surface area contributed by atoms with Crippen molar-refractivity contribution in [2.45, 2.75) is 33.2 Å². The van der Waals surface area contributed by atoms with E-state index in [1.807, 2.05) is 52.0 Å². The lowest BCUT2D eigenvalue weighted by molar-refractivity contribution is 0.0914. The van der Waals surface area contributed by atoms with Gasteiger partial charge in [0.2, 0.25) is 5.95 Å². The molecule has 2 rings (SSSR count). The summed E-state index contributed by atoms with van der Waals surface area (Å²) in [5, 5.41) is 5.99. The van der Waals surface area contributed by atoms with Crippen LogP contribution in [0.1, 0.15) is 37.0 Å². The van der Waals surface area contributed by atoms with Crippen molar-refractivity contribution in [3.63, 3.8) is 0 Å². The van der Waals surface area contributed by atoms with Gasteiger partial charge in [0.15, 0.2) is 0 Å². The van der Waals surface area contributed by atoms with Gasteiger partial charge in [-0.25, -0.2) is 9.97 Å². The number of anilines is 2. The van der Waals surface area contributed by atoms with Gasteiger partial charge in [0.05, 0.1) is 7.11 Å². The van der Waals surface area contributed by atoms with E-state index in [-0.39, 0.29) is 11.4 Å². The molecule has 0 aliphatic rings. The highest BCUT2D eigenvalue weighted by atomic mass is 16.5. The molecule has 1 amide bonds. The van der Waals surface area contributed by atoms with Crippen molar-refractivity contribution >= 4 is 17.5 Å². The minimum Gasteiger partial charge on any atom is -0.497 e. The van der Waals surface area contributed by atoms with Gasteiger partial charge >= 0.3 is 0 Å². The summed E-state index contributed by atoms with van der Waals surface area (Å²) in [5.74, 6) is 0.931. The van der Waals surface area contributed by atoms with Crippen LogP contribution < -0.4 is 15.4 Å². The summed E-state index contributed by atoms with van der Waals surface area (Å²) in [5.41, 5.74) is 1.55. The molecule has 0 aliphatic heterocycles. The second-order valence-corrected chi connectivity index (χ2v) is 6.28. The first-order chi connectivity index (χ1) is 10.8. The molecule has 1 heterocycles. The molecular weight excluding hydrogens is 292 g/mol. The maximum absolute atomic E-state index is 12.3. The third kappa shape index (κ3) is 4.95. The van der Waals surface area contributed by atoms with Crippen LogP contribution in [0.3, 0.4) is 0 Å². The predicted molar refractivity (Wildman–Crippen MR) is 90.3 cm³/mol. The lowest BCUT2D eigenvalue weighted by Gasteiger charge is -2.20. The quantitative estimate of drug-likeness (QED) is 0.907. The molecule has 0 unspecified atom stereocenters. The Morgan fingerprint density at radius 3 is 2.35 bits per heavy atom. The van der Waals surface area contributed by atoms with Gasteiger partial charge in [0.25, 0.3) is 5.91 Å². The van der Waals surface area contributed by atoms with Crippen molar-refractivity contribution < 1.29 is 9.53 Å². The van der Waals surface area contributed by atoms with Crippen LogP contribution in [0, 0.1) is 6.92 Å². The van der Waals surface area contributed by atoms with Crippen LogP contribution in [0.2, 0.25) is 0 Å². The zero-order valence-electron chi connectivity index (χ0n) is 14.1. The molecule has 122 valence electrons. The minimum atomic E-state index is -0.320. The molecule has 2 aromatic rings. The average molecular weight is 314 g/mol. The van der Waals surface area contributed by atoms with E-state index >= 15 is 0 Å². The number of ether oxygens (including phenoxy) is 1. The topological polar surface area (TPSA) is 76.1 Å². The first-order valence-corrected chi connectivity index (χ1v) is 7.36. The van der Waals surface area contributed by atoms with Crippen molar-refractivity contribution in [3.05, 3.63) is 41.7 Å². The van der Waals surface area contributed by atoms with E-state index in [0.717, 1.165) is 17.1 Å². The van der Waals surface area contributed by atoms with Crippen molar-refractivity contribution in [1.29, 1.82) is 0 Å². The summed E-state index contributed by atoms with van der Waals surface area (Å²) >= 11 is 0. The van der Waals surface area contributed by atoms with Gasteiger partial charge in [-0.05, 0) is 58.0 Å². The van der Waals surface area contributed by atoms with Gasteiger partial charge in [-0.2, -0.15) is 0 Å². The molecular formula is C17H22N4O2. The number of benzene rings is 1. The standard InChI is InChI=1S/C17H22N4O2/c1-11-10-14(15(22)21-17(2,3)4)20-16(18-11)19-12-6-8-13(23-5)9-7-12/h6-10H,1-5H3,(H,21,22)(H,18,19,20). The third-order valence-electron chi connectivity index (χ3n) is 2.92. The molecule has 1 aromatic heterocycles. The Labute approximate surface area is 136 Å². The number of aryl methyl sites for hydroxylation is 1. The van der Waals surface area contributed by atoms with Crippen LogP contribution in [-0.2, 0) is 0 Å². The summed E-state index contributed by atoms with van der Waals surface area (Å²) in [6, 6.07) is 9.07. The Morgan fingerprint density at radius 1 is 1.13 bits per heavy atom. The SMILES string of the molecule is COc1ccc(Nc2nc(C)cc(C(=O)NC(C)(C)C)n2)cc1. The van der Waals surface area contributed by atoms with Gasteiger partial charge in [-0.1, -0.05) is 0 Å². The van der Waals surface area contributed by atoms with Crippen LogP contribution in [-0.4, -0.2) is 28.5 Å². The molecule has 0 atom stereocenters. The molecule has 0 bridgehead atoms. The summed E-state index contributed by atoms with van der Waals surface area (Å²) in [6.07, 6.45) is 0. The van der Waals surface area contributed by atoms with Crippen LogP contribution >= 0.6 is 0 Å². The molecule has 2 N–H and O–H groups in total. The normalized spacial score (nSPS) is 11.0. The Bertz CT molecular complexity index is 691. The number of methoxy groups -OCH3 is 1. The van der Waals surface area contributed by atoms with E-state index < -0.39 is 0 Å². The summed E-state index contributed by atoms with van der Waals surface area (Å²) in [4.78, 5) is 20.9. The Kier molecular flexibility index (Phi) is 4.83. The maximum Gasteiger partial charge on any atom is 0.270 e. The lowest BCUT2D eigenvalue weighted by Crippen LogP contribution is -2.41. The van der Waals surface area contributed by atoms with Crippen molar-refractivity contribution in [1.82, 2.24) is 15.3 Å². The fourth-order valence-corrected chi connectivity index (χ4v) is 1.95. The Balaban J connectivity index is 2.20. The second-order valence-electron chi connectivity index (χ2n) is 6.28. The molecule has 23 heavy (non-hydrogen) atoms. The molecule has 6 nitrogen and oxygen atoms in total. The first-order valence-electron chi connectivity index (χ1n) is 7.36. The monoisotopic (exact) mass is 314 g/mol. The van der Waals surface area contributed by atoms with Gasteiger partial charge in [0, 0.05) is 16.9 Å². The van der Waals surface area contributed by atoms with Crippen LogP contribution in [0.4, 0.5) is 11.6 Å². The number of nitrogens with zero attached hydrogens (tertiary/aromatic N) is 2.